The first-order valence-corrected chi connectivity index (χ1v) is 7.78. The Morgan fingerprint density at radius 1 is 1.27 bits per heavy atom. The SMILES string of the molecule is NCCC1(CS(=O)CC2CCCC2)CC1. The highest BCUT2D eigenvalue weighted by Gasteiger charge is 2.43. The molecule has 2 N–H and O–H groups in total. The van der Waals surface area contributed by atoms with Crippen LogP contribution in [0.3, 0.4) is 0 Å². The normalized spacial score (nSPS) is 26.7. The third-order valence-electron chi connectivity index (χ3n) is 4.00. The summed E-state index contributed by atoms with van der Waals surface area (Å²) in [6.07, 6.45) is 8.96. The summed E-state index contributed by atoms with van der Waals surface area (Å²) in [6, 6.07) is 0. The van der Waals surface area contributed by atoms with Gasteiger partial charge in [-0.15, -0.1) is 0 Å². The lowest BCUT2D eigenvalue weighted by atomic mass is 10.1. The van der Waals surface area contributed by atoms with Gasteiger partial charge in [-0.2, -0.15) is 0 Å². The number of hydrogen-bond acceptors (Lipinski definition) is 2. The number of hydrogen-bond donors (Lipinski definition) is 1. The molecular weight excluding hydrogens is 206 g/mol. The molecule has 1 atom stereocenters. The van der Waals surface area contributed by atoms with E-state index < -0.39 is 10.8 Å². The molecule has 0 bridgehead atoms. The Morgan fingerprint density at radius 3 is 2.47 bits per heavy atom. The number of nitrogens with two attached hydrogens (primary N) is 1. The fraction of sp³-hybridized carbons (Fsp3) is 1.00. The standard InChI is InChI=1S/C12H23NOS/c13-8-7-12(5-6-12)10-15(14)9-11-3-1-2-4-11/h11H,1-10,13H2. The van der Waals surface area contributed by atoms with E-state index in [-0.39, 0.29) is 0 Å². The van der Waals surface area contributed by atoms with Crippen LogP contribution in [0, 0.1) is 11.3 Å². The van der Waals surface area contributed by atoms with Gasteiger partial charge < -0.3 is 5.73 Å². The van der Waals surface area contributed by atoms with Crippen LogP contribution in [-0.2, 0) is 10.8 Å². The van der Waals surface area contributed by atoms with Crippen LogP contribution in [0.15, 0.2) is 0 Å². The predicted molar refractivity (Wildman–Crippen MR) is 65.2 cm³/mol. The molecule has 0 aromatic heterocycles. The van der Waals surface area contributed by atoms with Crippen molar-refractivity contribution in [2.24, 2.45) is 17.1 Å². The Bertz CT molecular complexity index is 232. The van der Waals surface area contributed by atoms with Crippen LogP contribution in [0.2, 0.25) is 0 Å². The third kappa shape index (κ3) is 3.28. The molecule has 2 rings (SSSR count). The first-order chi connectivity index (χ1) is 7.24. The molecule has 88 valence electrons. The van der Waals surface area contributed by atoms with Crippen LogP contribution in [0.25, 0.3) is 0 Å². The van der Waals surface area contributed by atoms with Crippen molar-refractivity contribution in [3.05, 3.63) is 0 Å². The second kappa shape index (κ2) is 4.96. The van der Waals surface area contributed by atoms with Gasteiger partial charge in [-0.25, -0.2) is 0 Å². The molecule has 0 aliphatic heterocycles. The number of rotatable bonds is 6. The summed E-state index contributed by atoms with van der Waals surface area (Å²) in [5.41, 5.74) is 6.00. The van der Waals surface area contributed by atoms with Gasteiger partial charge in [0.1, 0.15) is 0 Å². The summed E-state index contributed by atoms with van der Waals surface area (Å²) in [5, 5.41) is 0. The largest absolute Gasteiger partial charge is 0.330 e. The van der Waals surface area contributed by atoms with E-state index in [9.17, 15) is 4.21 Å². The lowest BCUT2D eigenvalue weighted by molar-refractivity contribution is 0.524. The van der Waals surface area contributed by atoms with Crippen molar-refractivity contribution in [2.75, 3.05) is 18.1 Å². The van der Waals surface area contributed by atoms with Crippen molar-refractivity contribution in [1.29, 1.82) is 0 Å². The first kappa shape index (κ1) is 11.6. The Kier molecular flexibility index (Phi) is 3.83. The summed E-state index contributed by atoms with van der Waals surface area (Å²) >= 11 is 0. The van der Waals surface area contributed by atoms with Crippen LogP contribution >= 0.6 is 0 Å². The highest BCUT2D eigenvalue weighted by Crippen LogP contribution is 2.49. The zero-order valence-corrected chi connectivity index (χ0v) is 10.4. The van der Waals surface area contributed by atoms with Crippen LogP contribution < -0.4 is 5.73 Å². The predicted octanol–water partition coefficient (Wildman–Crippen LogP) is 2.05. The van der Waals surface area contributed by atoms with Crippen molar-refractivity contribution >= 4 is 10.8 Å². The van der Waals surface area contributed by atoms with E-state index in [4.69, 9.17) is 5.73 Å². The molecule has 0 aromatic rings. The topological polar surface area (TPSA) is 43.1 Å². The van der Waals surface area contributed by atoms with Gasteiger partial charge in [-0.1, -0.05) is 12.8 Å². The molecule has 2 nitrogen and oxygen atoms in total. The Labute approximate surface area is 95.5 Å². The molecule has 0 amide bonds. The van der Waals surface area contributed by atoms with E-state index in [0.717, 1.165) is 30.4 Å². The Hall–Kier alpha value is 0.110. The zero-order chi connectivity index (χ0) is 10.7. The highest BCUT2D eigenvalue weighted by atomic mass is 32.2. The van der Waals surface area contributed by atoms with Crippen molar-refractivity contribution in [2.45, 2.75) is 44.9 Å². The van der Waals surface area contributed by atoms with Crippen molar-refractivity contribution in [3.8, 4) is 0 Å². The second-order valence-electron chi connectivity index (χ2n) is 5.44. The van der Waals surface area contributed by atoms with E-state index in [1.54, 1.807) is 0 Å². The van der Waals surface area contributed by atoms with Crippen molar-refractivity contribution in [3.63, 3.8) is 0 Å². The fourth-order valence-corrected chi connectivity index (χ4v) is 4.88. The van der Waals surface area contributed by atoms with Gasteiger partial charge in [0.2, 0.25) is 0 Å². The molecule has 0 radical (unpaired) electrons. The fourth-order valence-electron chi connectivity index (χ4n) is 2.79. The minimum absolute atomic E-state index is 0.401. The van der Waals surface area contributed by atoms with Gasteiger partial charge >= 0.3 is 0 Å². The molecular formula is C12H23NOS. The van der Waals surface area contributed by atoms with E-state index in [1.807, 2.05) is 0 Å². The molecule has 15 heavy (non-hydrogen) atoms. The molecule has 0 saturated heterocycles. The highest BCUT2D eigenvalue weighted by molar-refractivity contribution is 7.85. The molecule has 0 aromatic carbocycles. The van der Waals surface area contributed by atoms with Crippen LogP contribution in [0.1, 0.15) is 44.9 Å². The van der Waals surface area contributed by atoms with Crippen LogP contribution in [0.4, 0.5) is 0 Å². The molecule has 0 spiro atoms. The molecule has 2 saturated carbocycles. The Balaban J connectivity index is 1.72. The van der Waals surface area contributed by atoms with E-state index in [0.29, 0.717) is 5.41 Å². The lowest BCUT2D eigenvalue weighted by Crippen LogP contribution is -2.20. The summed E-state index contributed by atoms with van der Waals surface area (Å²) < 4.78 is 12.0. The summed E-state index contributed by atoms with van der Waals surface area (Å²) in [4.78, 5) is 0. The first-order valence-electron chi connectivity index (χ1n) is 6.29. The smallest absolute Gasteiger partial charge is 0.0292 e. The van der Waals surface area contributed by atoms with Crippen molar-refractivity contribution in [1.82, 2.24) is 0 Å². The molecule has 1 unspecified atom stereocenters. The van der Waals surface area contributed by atoms with Crippen molar-refractivity contribution < 1.29 is 4.21 Å². The summed E-state index contributed by atoms with van der Waals surface area (Å²) in [6.45, 7) is 0.765. The summed E-state index contributed by atoms with van der Waals surface area (Å²) in [5.74, 6) is 2.66. The van der Waals surface area contributed by atoms with Gasteiger partial charge in [0.25, 0.3) is 0 Å². The van der Waals surface area contributed by atoms with E-state index in [1.165, 1.54) is 38.5 Å². The molecule has 3 heteroatoms. The zero-order valence-electron chi connectivity index (χ0n) is 9.54. The Morgan fingerprint density at radius 2 is 1.93 bits per heavy atom. The monoisotopic (exact) mass is 229 g/mol. The molecule has 0 heterocycles. The quantitative estimate of drug-likeness (QED) is 0.757. The maximum Gasteiger partial charge on any atom is 0.0292 e. The van der Waals surface area contributed by atoms with Gasteiger partial charge in [-0.3, -0.25) is 4.21 Å². The van der Waals surface area contributed by atoms with Gasteiger partial charge in [0, 0.05) is 22.3 Å². The second-order valence-corrected chi connectivity index (χ2v) is 6.94. The van der Waals surface area contributed by atoms with Gasteiger partial charge in [-0.05, 0) is 50.0 Å². The van der Waals surface area contributed by atoms with Gasteiger partial charge in [0.05, 0.1) is 0 Å². The summed E-state index contributed by atoms with van der Waals surface area (Å²) in [7, 11) is -0.574. The maximum atomic E-state index is 12.0. The minimum atomic E-state index is -0.574. The van der Waals surface area contributed by atoms with Crippen LogP contribution in [0.5, 0.6) is 0 Å². The molecule has 2 fully saturated rings. The van der Waals surface area contributed by atoms with E-state index >= 15 is 0 Å². The molecule has 2 aliphatic rings. The van der Waals surface area contributed by atoms with Gasteiger partial charge in [0.15, 0.2) is 0 Å². The average molecular weight is 229 g/mol. The third-order valence-corrected chi connectivity index (χ3v) is 5.77. The van der Waals surface area contributed by atoms with Crippen LogP contribution in [-0.4, -0.2) is 22.3 Å². The molecule has 2 aliphatic carbocycles. The minimum Gasteiger partial charge on any atom is -0.330 e. The maximum absolute atomic E-state index is 12.0. The average Bonchev–Trinajstić information content (AvgIpc) is 2.75. The van der Waals surface area contributed by atoms with E-state index in [2.05, 4.69) is 0 Å². The lowest BCUT2D eigenvalue weighted by Gasteiger charge is -2.15.